The number of hydrogen-bond acceptors (Lipinski definition) is 5. The van der Waals surface area contributed by atoms with Gasteiger partial charge in [0.2, 0.25) is 11.8 Å². The zero-order chi connectivity index (χ0) is 20.4. The third-order valence-electron chi connectivity index (χ3n) is 4.80. The fourth-order valence-corrected chi connectivity index (χ4v) is 4.13. The van der Waals surface area contributed by atoms with Gasteiger partial charge in [-0.3, -0.25) is 14.5 Å². The lowest BCUT2D eigenvalue weighted by molar-refractivity contribution is -0.121. The number of thioether (sulfide) groups is 1. The monoisotopic (exact) mass is 407 g/mol. The Labute approximate surface area is 173 Å². The molecule has 148 valence electrons. The molecular weight excluding hydrogens is 386 g/mol. The molecule has 4 rings (SSSR count). The molecule has 0 saturated carbocycles. The fourth-order valence-electron chi connectivity index (χ4n) is 3.24. The Kier molecular flexibility index (Phi) is 5.35. The van der Waals surface area contributed by atoms with Gasteiger partial charge >= 0.3 is 0 Å². The molecule has 0 fully saturated rings. The van der Waals surface area contributed by atoms with E-state index in [0.29, 0.717) is 23.0 Å². The van der Waals surface area contributed by atoms with Crippen molar-refractivity contribution < 1.29 is 9.59 Å². The Bertz CT molecular complexity index is 1050. The van der Waals surface area contributed by atoms with E-state index in [1.807, 2.05) is 67.1 Å². The minimum atomic E-state index is -0.415. The van der Waals surface area contributed by atoms with Crippen molar-refractivity contribution in [2.24, 2.45) is 7.05 Å². The van der Waals surface area contributed by atoms with E-state index in [2.05, 4.69) is 15.5 Å². The van der Waals surface area contributed by atoms with Crippen LogP contribution in [0.5, 0.6) is 0 Å². The van der Waals surface area contributed by atoms with Crippen LogP contribution in [-0.2, 0) is 23.1 Å². The van der Waals surface area contributed by atoms with Crippen LogP contribution < -0.4 is 10.2 Å². The summed E-state index contributed by atoms with van der Waals surface area (Å²) in [6, 6.07) is 17.4. The summed E-state index contributed by atoms with van der Waals surface area (Å²) < 4.78 is 1.91. The highest BCUT2D eigenvalue weighted by Gasteiger charge is 2.30. The molecule has 29 heavy (non-hydrogen) atoms. The molecular formula is C21H21N5O2S. The topological polar surface area (TPSA) is 80.1 Å². The van der Waals surface area contributed by atoms with Crippen molar-refractivity contribution in [3.63, 3.8) is 0 Å². The summed E-state index contributed by atoms with van der Waals surface area (Å²) in [5, 5.41) is 11.6. The Hall–Kier alpha value is -3.13. The molecule has 1 aromatic heterocycles. The number of fused-ring (bicyclic) bond motifs is 1. The molecule has 7 nitrogen and oxygen atoms in total. The van der Waals surface area contributed by atoms with E-state index >= 15 is 0 Å². The molecule has 1 aliphatic heterocycles. The molecule has 8 heteroatoms. The first-order valence-corrected chi connectivity index (χ1v) is 10.2. The second-order valence-electron chi connectivity index (χ2n) is 6.87. The molecule has 0 spiro atoms. The Morgan fingerprint density at radius 1 is 1.14 bits per heavy atom. The maximum absolute atomic E-state index is 13.1. The average Bonchev–Trinajstić information content (AvgIpc) is 3.06. The lowest BCUT2D eigenvalue weighted by atomic mass is 10.1. The molecule has 0 bridgehead atoms. The zero-order valence-corrected chi connectivity index (χ0v) is 17.0. The van der Waals surface area contributed by atoms with Crippen LogP contribution in [0.15, 0.2) is 59.8 Å². The fraction of sp³-hybridized carbons (Fsp3) is 0.238. The number of rotatable bonds is 5. The number of carbonyl (C=O) groups excluding carboxylic acids is 2. The van der Waals surface area contributed by atoms with E-state index in [1.165, 1.54) is 16.7 Å². The van der Waals surface area contributed by atoms with Crippen LogP contribution in [0.3, 0.4) is 0 Å². The van der Waals surface area contributed by atoms with E-state index in [0.717, 1.165) is 11.4 Å². The first kappa shape index (κ1) is 19.2. The number of amides is 2. The van der Waals surface area contributed by atoms with Gasteiger partial charge in [-0.15, -0.1) is 10.2 Å². The van der Waals surface area contributed by atoms with Crippen LogP contribution in [0.1, 0.15) is 18.3 Å². The highest BCUT2D eigenvalue weighted by atomic mass is 32.2. The zero-order valence-electron chi connectivity index (χ0n) is 16.2. The quantitative estimate of drug-likeness (QED) is 0.658. The predicted octanol–water partition coefficient (Wildman–Crippen LogP) is 2.87. The van der Waals surface area contributed by atoms with Crippen LogP contribution in [0.25, 0.3) is 0 Å². The molecule has 0 saturated heterocycles. The standard InChI is InChI=1S/C21H21N5O2S/c1-14(20(28)26-13-19(27)22-16-10-6-7-11-17(16)26)29-21-24-23-18(25(21)2)12-15-8-4-3-5-9-15/h3-11,14H,12-13H2,1-2H3,(H,22,27)/t14-/m1/s1. The highest BCUT2D eigenvalue weighted by Crippen LogP contribution is 2.32. The number of para-hydroxylation sites is 2. The Morgan fingerprint density at radius 3 is 2.66 bits per heavy atom. The average molecular weight is 407 g/mol. The van der Waals surface area contributed by atoms with Gasteiger partial charge in [-0.2, -0.15) is 0 Å². The second-order valence-corrected chi connectivity index (χ2v) is 8.18. The van der Waals surface area contributed by atoms with Gasteiger partial charge in [-0.1, -0.05) is 54.2 Å². The normalized spacial score (nSPS) is 14.3. The van der Waals surface area contributed by atoms with E-state index in [4.69, 9.17) is 0 Å². The lowest BCUT2D eigenvalue weighted by Crippen LogP contribution is -2.45. The smallest absolute Gasteiger partial charge is 0.244 e. The van der Waals surface area contributed by atoms with Crippen molar-refractivity contribution in [2.45, 2.75) is 23.8 Å². The van der Waals surface area contributed by atoms with Gasteiger partial charge in [-0.05, 0) is 24.6 Å². The number of carbonyl (C=O) groups is 2. The van der Waals surface area contributed by atoms with Crippen LogP contribution in [0.2, 0.25) is 0 Å². The summed E-state index contributed by atoms with van der Waals surface area (Å²) in [6.45, 7) is 1.84. The van der Waals surface area contributed by atoms with E-state index in [1.54, 1.807) is 6.07 Å². The molecule has 1 atom stereocenters. The number of hydrogen-bond donors (Lipinski definition) is 1. The number of aromatic nitrogens is 3. The van der Waals surface area contributed by atoms with Crippen molar-refractivity contribution in [3.8, 4) is 0 Å². The van der Waals surface area contributed by atoms with Crippen LogP contribution in [0, 0.1) is 0 Å². The van der Waals surface area contributed by atoms with Crippen LogP contribution in [-0.4, -0.2) is 38.4 Å². The SMILES string of the molecule is C[C@@H](Sc1nnc(Cc2ccccc2)n1C)C(=O)N1CC(=O)Nc2ccccc21. The number of nitrogens with zero attached hydrogens (tertiary/aromatic N) is 4. The lowest BCUT2D eigenvalue weighted by Gasteiger charge is -2.30. The Balaban J connectivity index is 1.49. The van der Waals surface area contributed by atoms with Gasteiger partial charge in [-0.25, -0.2) is 0 Å². The van der Waals surface area contributed by atoms with Gasteiger partial charge in [0.05, 0.1) is 16.6 Å². The molecule has 1 aliphatic rings. The maximum atomic E-state index is 13.1. The van der Waals surface area contributed by atoms with Crippen molar-refractivity contribution in [1.82, 2.24) is 14.8 Å². The summed E-state index contributed by atoms with van der Waals surface area (Å²) in [6.07, 6.45) is 0.674. The number of benzene rings is 2. The van der Waals surface area contributed by atoms with Gasteiger partial charge in [0.25, 0.3) is 0 Å². The minimum absolute atomic E-state index is 0.0127. The molecule has 2 amide bonds. The largest absolute Gasteiger partial charge is 0.323 e. The van der Waals surface area contributed by atoms with E-state index < -0.39 is 5.25 Å². The third kappa shape index (κ3) is 4.02. The summed E-state index contributed by atoms with van der Waals surface area (Å²) in [5.41, 5.74) is 2.52. The minimum Gasteiger partial charge on any atom is -0.323 e. The van der Waals surface area contributed by atoms with E-state index in [-0.39, 0.29) is 18.4 Å². The van der Waals surface area contributed by atoms with Crippen molar-refractivity contribution in [1.29, 1.82) is 0 Å². The molecule has 0 radical (unpaired) electrons. The number of nitrogens with one attached hydrogen (secondary N) is 1. The maximum Gasteiger partial charge on any atom is 0.244 e. The molecule has 1 N–H and O–H groups in total. The molecule has 2 aromatic carbocycles. The highest BCUT2D eigenvalue weighted by molar-refractivity contribution is 8.00. The van der Waals surface area contributed by atoms with Gasteiger partial charge in [0.1, 0.15) is 12.4 Å². The second kappa shape index (κ2) is 8.08. The Morgan fingerprint density at radius 2 is 1.86 bits per heavy atom. The van der Waals surface area contributed by atoms with Crippen LogP contribution >= 0.6 is 11.8 Å². The predicted molar refractivity (Wildman–Crippen MR) is 113 cm³/mol. The summed E-state index contributed by atoms with van der Waals surface area (Å²) in [5.74, 6) is 0.504. The summed E-state index contributed by atoms with van der Waals surface area (Å²) in [7, 11) is 1.90. The molecule has 2 heterocycles. The van der Waals surface area contributed by atoms with Gasteiger partial charge in [0.15, 0.2) is 5.16 Å². The molecule has 0 unspecified atom stereocenters. The van der Waals surface area contributed by atoms with Crippen molar-refractivity contribution in [2.75, 3.05) is 16.8 Å². The summed E-state index contributed by atoms with van der Waals surface area (Å²) >= 11 is 1.35. The third-order valence-corrected chi connectivity index (χ3v) is 5.92. The van der Waals surface area contributed by atoms with E-state index in [9.17, 15) is 9.59 Å². The first-order chi connectivity index (χ1) is 14.0. The first-order valence-electron chi connectivity index (χ1n) is 9.32. The van der Waals surface area contributed by atoms with Gasteiger partial charge in [0, 0.05) is 13.5 Å². The molecule has 3 aromatic rings. The van der Waals surface area contributed by atoms with Crippen LogP contribution in [0.4, 0.5) is 11.4 Å². The molecule has 0 aliphatic carbocycles. The van der Waals surface area contributed by atoms with Crippen molar-refractivity contribution >= 4 is 35.0 Å². The summed E-state index contributed by atoms with van der Waals surface area (Å²) in [4.78, 5) is 26.6. The van der Waals surface area contributed by atoms with Crippen molar-refractivity contribution in [3.05, 3.63) is 66.0 Å². The van der Waals surface area contributed by atoms with Gasteiger partial charge < -0.3 is 9.88 Å². The number of anilines is 2.